The Balaban J connectivity index is 1.93. The molecule has 0 radical (unpaired) electrons. The van der Waals surface area contributed by atoms with Gasteiger partial charge in [0.05, 0.1) is 18.8 Å². The Hall–Kier alpha value is -1.50. The molecular weight excluding hydrogens is 238 g/mol. The van der Waals surface area contributed by atoms with Gasteiger partial charge in [-0.15, -0.1) is 0 Å². The summed E-state index contributed by atoms with van der Waals surface area (Å²) in [6.07, 6.45) is 2.80. The molecule has 0 saturated carbocycles. The molecule has 2 unspecified atom stereocenters. The first-order valence-electron chi connectivity index (χ1n) is 6.77. The third-order valence-electron chi connectivity index (χ3n) is 3.25. The van der Waals surface area contributed by atoms with Gasteiger partial charge in [0, 0.05) is 5.56 Å². The number of benzene rings is 1. The second kappa shape index (κ2) is 6.60. The van der Waals surface area contributed by atoms with Crippen LogP contribution in [0.4, 0.5) is 0 Å². The fourth-order valence-electron chi connectivity index (χ4n) is 2.23. The molecule has 0 aromatic heterocycles. The van der Waals surface area contributed by atoms with E-state index in [0.29, 0.717) is 19.3 Å². The van der Waals surface area contributed by atoms with Crippen molar-refractivity contribution in [3.63, 3.8) is 0 Å². The van der Waals surface area contributed by atoms with E-state index in [1.54, 1.807) is 0 Å². The second-order valence-electron chi connectivity index (χ2n) is 4.94. The summed E-state index contributed by atoms with van der Waals surface area (Å²) in [5.74, 6) is 6.77. The van der Waals surface area contributed by atoms with E-state index in [2.05, 4.69) is 18.8 Å². The molecule has 3 heteroatoms. The fraction of sp³-hybridized carbons (Fsp3) is 0.500. The molecule has 0 spiro atoms. The van der Waals surface area contributed by atoms with Crippen LogP contribution in [0, 0.1) is 18.8 Å². The van der Waals surface area contributed by atoms with E-state index in [4.69, 9.17) is 15.2 Å². The Kier molecular flexibility index (Phi) is 4.84. The summed E-state index contributed by atoms with van der Waals surface area (Å²) >= 11 is 0. The summed E-state index contributed by atoms with van der Waals surface area (Å²) in [6.45, 7) is 5.14. The van der Waals surface area contributed by atoms with Gasteiger partial charge >= 0.3 is 0 Å². The van der Waals surface area contributed by atoms with Crippen LogP contribution in [0.2, 0.25) is 0 Å². The van der Waals surface area contributed by atoms with Crippen LogP contribution in [0.3, 0.4) is 0 Å². The van der Waals surface area contributed by atoms with E-state index in [1.165, 1.54) is 0 Å². The molecule has 2 N–H and O–H groups in total. The number of rotatable bonds is 3. The Labute approximate surface area is 115 Å². The van der Waals surface area contributed by atoms with E-state index < -0.39 is 0 Å². The summed E-state index contributed by atoms with van der Waals surface area (Å²) in [5.41, 5.74) is 7.43. The van der Waals surface area contributed by atoms with Gasteiger partial charge in [-0.3, -0.25) is 0 Å². The van der Waals surface area contributed by atoms with E-state index >= 15 is 0 Å². The highest BCUT2D eigenvalue weighted by Crippen LogP contribution is 2.23. The highest BCUT2D eigenvalue weighted by molar-refractivity contribution is 5.43. The molecule has 0 aliphatic carbocycles. The van der Waals surface area contributed by atoms with Crippen molar-refractivity contribution in [1.82, 2.24) is 0 Å². The zero-order valence-electron chi connectivity index (χ0n) is 11.6. The van der Waals surface area contributed by atoms with Crippen molar-refractivity contribution in [2.45, 2.75) is 38.9 Å². The average Bonchev–Trinajstić information content (AvgIpc) is 2.81. The highest BCUT2D eigenvalue weighted by Gasteiger charge is 2.22. The maximum absolute atomic E-state index is 5.83. The predicted octanol–water partition coefficient (Wildman–Crippen LogP) is 2.25. The van der Waals surface area contributed by atoms with Gasteiger partial charge in [-0.25, -0.2) is 0 Å². The zero-order valence-corrected chi connectivity index (χ0v) is 11.6. The molecule has 0 amide bonds. The Bertz CT molecular complexity index is 487. The van der Waals surface area contributed by atoms with Gasteiger partial charge in [-0.1, -0.05) is 11.8 Å². The third kappa shape index (κ3) is 3.99. The standard InChI is InChI=1S/C16H21NO2/c1-12-10-14(4-3-9-17)6-8-16(12)18-11-15-7-5-13(2)19-15/h6,8,10,13,15H,5,7,9,11,17H2,1-2H3. The van der Waals surface area contributed by atoms with E-state index in [1.807, 2.05) is 25.1 Å². The summed E-state index contributed by atoms with van der Waals surface area (Å²) in [7, 11) is 0. The molecule has 3 nitrogen and oxygen atoms in total. The lowest BCUT2D eigenvalue weighted by molar-refractivity contribution is 0.0263. The highest BCUT2D eigenvalue weighted by atomic mass is 16.5. The largest absolute Gasteiger partial charge is 0.491 e. The van der Waals surface area contributed by atoms with Crippen molar-refractivity contribution in [2.24, 2.45) is 5.73 Å². The van der Waals surface area contributed by atoms with Crippen molar-refractivity contribution in [3.8, 4) is 17.6 Å². The first kappa shape index (κ1) is 13.9. The van der Waals surface area contributed by atoms with Crippen LogP contribution in [0.5, 0.6) is 5.75 Å². The molecule has 2 rings (SSSR count). The molecule has 19 heavy (non-hydrogen) atoms. The van der Waals surface area contributed by atoms with E-state index in [9.17, 15) is 0 Å². The number of nitrogens with two attached hydrogens (primary N) is 1. The van der Waals surface area contributed by atoms with E-state index in [0.717, 1.165) is 29.7 Å². The maximum Gasteiger partial charge on any atom is 0.122 e. The summed E-state index contributed by atoms with van der Waals surface area (Å²) < 4.78 is 11.6. The first-order chi connectivity index (χ1) is 9.19. The minimum atomic E-state index is 0.228. The number of hydrogen-bond donors (Lipinski definition) is 1. The summed E-state index contributed by atoms with van der Waals surface area (Å²) in [4.78, 5) is 0. The quantitative estimate of drug-likeness (QED) is 0.847. The maximum atomic E-state index is 5.83. The van der Waals surface area contributed by atoms with Gasteiger partial charge in [0.15, 0.2) is 0 Å². The van der Waals surface area contributed by atoms with Crippen molar-refractivity contribution < 1.29 is 9.47 Å². The average molecular weight is 259 g/mol. The lowest BCUT2D eigenvalue weighted by Gasteiger charge is -2.14. The third-order valence-corrected chi connectivity index (χ3v) is 3.25. The van der Waals surface area contributed by atoms with Crippen LogP contribution in [-0.4, -0.2) is 25.4 Å². The lowest BCUT2D eigenvalue weighted by Crippen LogP contribution is -2.18. The first-order valence-corrected chi connectivity index (χ1v) is 6.77. The molecule has 1 aromatic rings. The van der Waals surface area contributed by atoms with Gasteiger partial charge in [0.2, 0.25) is 0 Å². The molecule has 2 atom stereocenters. The monoisotopic (exact) mass is 259 g/mol. The molecule has 0 bridgehead atoms. The van der Waals surface area contributed by atoms with Crippen LogP contribution in [-0.2, 0) is 4.74 Å². The van der Waals surface area contributed by atoms with Crippen molar-refractivity contribution in [3.05, 3.63) is 29.3 Å². The molecule has 1 aromatic carbocycles. The minimum absolute atomic E-state index is 0.228. The van der Waals surface area contributed by atoms with Gasteiger partial charge in [0.25, 0.3) is 0 Å². The van der Waals surface area contributed by atoms with Crippen molar-refractivity contribution in [1.29, 1.82) is 0 Å². The second-order valence-corrected chi connectivity index (χ2v) is 4.94. The van der Waals surface area contributed by atoms with Crippen LogP contribution in [0.1, 0.15) is 30.9 Å². The molecule has 1 fully saturated rings. The van der Waals surface area contributed by atoms with Gasteiger partial charge < -0.3 is 15.2 Å². The number of hydrogen-bond acceptors (Lipinski definition) is 3. The molecule has 1 saturated heterocycles. The topological polar surface area (TPSA) is 44.5 Å². The Morgan fingerprint density at radius 2 is 2.26 bits per heavy atom. The molecule has 1 heterocycles. The smallest absolute Gasteiger partial charge is 0.122 e. The molecule has 102 valence electrons. The van der Waals surface area contributed by atoms with Gasteiger partial charge in [0.1, 0.15) is 12.4 Å². The Morgan fingerprint density at radius 1 is 1.42 bits per heavy atom. The van der Waals surface area contributed by atoms with Crippen LogP contribution < -0.4 is 10.5 Å². The number of aryl methyl sites for hydroxylation is 1. The lowest BCUT2D eigenvalue weighted by atomic mass is 10.1. The van der Waals surface area contributed by atoms with Crippen LogP contribution in [0.15, 0.2) is 18.2 Å². The van der Waals surface area contributed by atoms with Crippen LogP contribution in [0.25, 0.3) is 0 Å². The Morgan fingerprint density at radius 3 is 2.89 bits per heavy atom. The molecule has 1 aliphatic heterocycles. The normalized spacial score (nSPS) is 21.8. The minimum Gasteiger partial charge on any atom is -0.491 e. The van der Waals surface area contributed by atoms with Gasteiger partial charge in [-0.2, -0.15) is 0 Å². The van der Waals surface area contributed by atoms with Gasteiger partial charge in [-0.05, 0) is 50.5 Å². The zero-order chi connectivity index (χ0) is 13.7. The van der Waals surface area contributed by atoms with Crippen LogP contribution >= 0.6 is 0 Å². The van der Waals surface area contributed by atoms with Crippen molar-refractivity contribution in [2.75, 3.05) is 13.2 Å². The van der Waals surface area contributed by atoms with E-state index in [-0.39, 0.29) is 6.10 Å². The number of ether oxygens (including phenoxy) is 2. The predicted molar refractivity (Wildman–Crippen MR) is 76.2 cm³/mol. The fourth-order valence-corrected chi connectivity index (χ4v) is 2.23. The summed E-state index contributed by atoms with van der Waals surface area (Å²) in [6, 6.07) is 5.95. The summed E-state index contributed by atoms with van der Waals surface area (Å²) in [5, 5.41) is 0. The SMILES string of the molecule is Cc1cc(C#CCN)ccc1OCC1CCC(C)O1. The molecule has 1 aliphatic rings. The molecular formula is C16H21NO2. The van der Waals surface area contributed by atoms with Crippen molar-refractivity contribution >= 4 is 0 Å².